The third kappa shape index (κ3) is 4.32. The zero-order chi connectivity index (χ0) is 12.7. The quantitative estimate of drug-likeness (QED) is 0.756. The predicted molar refractivity (Wildman–Crippen MR) is 70.9 cm³/mol. The number of rotatable bonds is 7. The summed E-state index contributed by atoms with van der Waals surface area (Å²) in [4.78, 5) is 4.12. The van der Waals surface area contributed by atoms with Crippen molar-refractivity contribution in [2.45, 2.75) is 39.3 Å². The molecule has 0 bridgehead atoms. The SMILES string of the molecule is CCNC(Cc1cnccc1N)C(C)OCC. The Balaban J connectivity index is 2.69. The fraction of sp³-hybridized carbons (Fsp3) is 0.615. The van der Waals surface area contributed by atoms with Crippen LogP contribution in [-0.2, 0) is 11.2 Å². The average molecular weight is 237 g/mol. The highest BCUT2D eigenvalue weighted by atomic mass is 16.5. The van der Waals surface area contributed by atoms with Gasteiger partial charge in [-0.05, 0) is 38.4 Å². The van der Waals surface area contributed by atoms with E-state index in [4.69, 9.17) is 10.5 Å². The fourth-order valence-electron chi connectivity index (χ4n) is 1.89. The number of nitrogens with one attached hydrogen (secondary N) is 1. The van der Waals surface area contributed by atoms with Crippen molar-refractivity contribution in [3.8, 4) is 0 Å². The lowest BCUT2D eigenvalue weighted by molar-refractivity contribution is 0.0481. The standard InChI is InChI=1S/C13H23N3O/c1-4-16-13(10(3)17-5-2)8-11-9-15-7-6-12(11)14/h6-7,9-10,13,16H,4-5,8H2,1-3H3,(H2,14,15). The van der Waals surface area contributed by atoms with Gasteiger partial charge in [-0.1, -0.05) is 6.92 Å². The Hall–Kier alpha value is -1.13. The number of nitrogen functional groups attached to an aromatic ring is 1. The van der Waals surface area contributed by atoms with Crippen LogP contribution in [0.15, 0.2) is 18.5 Å². The molecule has 2 atom stereocenters. The van der Waals surface area contributed by atoms with E-state index in [0.717, 1.165) is 30.8 Å². The van der Waals surface area contributed by atoms with E-state index in [-0.39, 0.29) is 12.1 Å². The summed E-state index contributed by atoms with van der Waals surface area (Å²) in [7, 11) is 0. The normalized spacial score (nSPS) is 14.5. The number of hydrogen-bond donors (Lipinski definition) is 2. The van der Waals surface area contributed by atoms with E-state index in [0.29, 0.717) is 0 Å². The number of likely N-dealkylation sites (N-methyl/N-ethyl adjacent to an activating group) is 1. The van der Waals surface area contributed by atoms with Crippen LogP contribution in [0.3, 0.4) is 0 Å². The molecule has 96 valence electrons. The predicted octanol–water partition coefficient (Wildman–Crippen LogP) is 1.61. The molecule has 1 heterocycles. The number of pyridine rings is 1. The van der Waals surface area contributed by atoms with E-state index >= 15 is 0 Å². The van der Waals surface area contributed by atoms with E-state index in [1.807, 2.05) is 19.2 Å². The third-order valence-corrected chi connectivity index (χ3v) is 2.84. The highest BCUT2D eigenvalue weighted by molar-refractivity contribution is 5.44. The van der Waals surface area contributed by atoms with Gasteiger partial charge >= 0.3 is 0 Å². The third-order valence-electron chi connectivity index (χ3n) is 2.84. The van der Waals surface area contributed by atoms with Gasteiger partial charge in [-0.3, -0.25) is 4.98 Å². The van der Waals surface area contributed by atoms with Crippen molar-refractivity contribution in [1.29, 1.82) is 0 Å². The summed E-state index contributed by atoms with van der Waals surface area (Å²) in [6, 6.07) is 2.11. The number of hydrogen-bond acceptors (Lipinski definition) is 4. The molecular formula is C13H23N3O. The molecule has 0 aliphatic carbocycles. The Morgan fingerprint density at radius 3 is 2.82 bits per heavy atom. The molecule has 0 aromatic carbocycles. The van der Waals surface area contributed by atoms with Gasteiger partial charge in [0.1, 0.15) is 0 Å². The number of nitrogens with zero attached hydrogens (tertiary/aromatic N) is 1. The van der Waals surface area contributed by atoms with E-state index < -0.39 is 0 Å². The molecule has 1 rings (SSSR count). The first kappa shape index (κ1) is 13.9. The molecule has 1 aromatic heterocycles. The molecule has 0 aliphatic heterocycles. The largest absolute Gasteiger partial charge is 0.398 e. The van der Waals surface area contributed by atoms with Gasteiger partial charge < -0.3 is 15.8 Å². The molecule has 0 saturated heterocycles. The Morgan fingerprint density at radius 2 is 2.24 bits per heavy atom. The molecule has 0 radical (unpaired) electrons. The van der Waals surface area contributed by atoms with Gasteiger partial charge in [0.2, 0.25) is 0 Å². The molecule has 0 aliphatic rings. The smallest absolute Gasteiger partial charge is 0.0703 e. The van der Waals surface area contributed by atoms with Crippen molar-refractivity contribution in [1.82, 2.24) is 10.3 Å². The summed E-state index contributed by atoms with van der Waals surface area (Å²) in [5.41, 5.74) is 7.80. The number of aromatic nitrogens is 1. The second-order valence-corrected chi connectivity index (χ2v) is 4.10. The van der Waals surface area contributed by atoms with Crippen LogP contribution in [0.1, 0.15) is 26.3 Å². The van der Waals surface area contributed by atoms with Crippen LogP contribution >= 0.6 is 0 Å². The average Bonchev–Trinajstić information content (AvgIpc) is 2.31. The van der Waals surface area contributed by atoms with E-state index in [2.05, 4.69) is 24.1 Å². The lowest BCUT2D eigenvalue weighted by atomic mass is 10.0. The van der Waals surface area contributed by atoms with E-state index in [9.17, 15) is 0 Å². The lowest BCUT2D eigenvalue weighted by Gasteiger charge is -2.25. The maximum Gasteiger partial charge on any atom is 0.0703 e. The highest BCUT2D eigenvalue weighted by Gasteiger charge is 2.17. The van der Waals surface area contributed by atoms with Gasteiger partial charge in [-0.25, -0.2) is 0 Å². The molecule has 0 amide bonds. The fourth-order valence-corrected chi connectivity index (χ4v) is 1.89. The van der Waals surface area contributed by atoms with Gasteiger partial charge in [0.05, 0.1) is 6.10 Å². The van der Waals surface area contributed by atoms with Crippen molar-refractivity contribution in [2.24, 2.45) is 0 Å². The molecule has 1 aromatic rings. The molecule has 17 heavy (non-hydrogen) atoms. The molecule has 4 nitrogen and oxygen atoms in total. The highest BCUT2D eigenvalue weighted by Crippen LogP contribution is 2.14. The molecule has 0 saturated carbocycles. The number of ether oxygens (including phenoxy) is 1. The van der Waals surface area contributed by atoms with Crippen molar-refractivity contribution in [3.63, 3.8) is 0 Å². The Labute approximate surface area is 104 Å². The maximum atomic E-state index is 5.93. The zero-order valence-corrected chi connectivity index (χ0v) is 10.9. The maximum absolute atomic E-state index is 5.93. The molecular weight excluding hydrogens is 214 g/mol. The summed E-state index contributed by atoms with van der Waals surface area (Å²) in [6.45, 7) is 7.84. The molecule has 0 fully saturated rings. The minimum atomic E-state index is 0.166. The Bertz CT molecular complexity index is 330. The lowest BCUT2D eigenvalue weighted by Crippen LogP contribution is -2.41. The molecule has 2 unspecified atom stereocenters. The van der Waals surface area contributed by atoms with Crippen LogP contribution in [0.4, 0.5) is 5.69 Å². The van der Waals surface area contributed by atoms with Gasteiger partial charge in [-0.15, -0.1) is 0 Å². The van der Waals surface area contributed by atoms with Crippen LogP contribution < -0.4 is 11.1 Å². The zero-order valence-electron chi connectivity index (χ0n) is 10.9. The van der Waals surface area contributed by atoms with Crippen LogP contribution in [0.5, 0.6) is 0 Å². The van der Waals surface area contributed by atoms with Crippen LogP contribution in [0.25, 0.3) is 0 Å². The monoisotopic (exact) mass is 237 g/mol. The van der Waals surface area contributed by atoms with Crippen LogP contribution in [-0.4, -0.2) is 30.3 Å². The second-order valence-electron chi connectivity index (χ2n) is 4.10. The van der Waals surface area contributed by atoms with Crippen molar-refractivity contribution >= 4 is 5.69 Å². The summed E-state index contributed by atoms with van der Waals surface area (Å²) in [5.74, 6) is 0. The number of nitrogens with two attached hydrogens (primary N) is 1. The Kier molecular flexibility index (Phi) is 5.94. The first-order chi connectivity index (χ1) is 8.19. The topological polar surface area (TPSA) is 60.2 Å². The summed E-state index contributed by atoms with van der Waals surface area (Å²) in [5, 5.41) is 3.43. The van der Waals surface area contributed by atoms with Crippen molar-refractivity contribution in [2.75, 3.05) is 18.9 Å². The first-order valence-electron chi connectivity index (χ1n) is 6.22. The summed E-state index contributed by atoms with van der Waals surface area (Å²) < 4.78 is 5.64. The van der Waals surface area contributed by atoms with Gasteiger partial charge in [0.25, 0.3) is 0 Å². The van der Waals surface area contributed by atoms with Gasteiger partial charge in [0, 0.05) is 30.7 Å². The number of anilines is 1. The molecule has 3 N–H and O–H groups in total. The van der Waals surface area contributed by atoms with Gasteiger partial charge in [-0.2, -0.15) is 0 Å². The van der Waals surface area contributed by atoms with Crippen LogP contribution in [0.2, 0.25) is 0 Å². The van der Waals surface area contributed by atoms with Crippen molar-refractivity contribution < 1.29 is 4.74 Å². The minimum Gasteiger partial charge on any atom is -0.398 e. The second kappa shape index (κ2) is 7.25. The van der Waals surface area contributed by atoms with Gasteiger partial charge in [0.15, 0.2) is 0 Å². The van der Waals surface area contributed by atoms with E-state index in [1.165, 1.54) is 0 Å². The minimum absolute atomic E-state index is 0.166. The molecule has 4 heteroatoms. The van der Waals surface area contributed by atoms with Crippen molar-refractivity contribution in [3.05, 3.63) is 24.0 Å². The van der Waals surface area contributed by atoms with E-state index in [1.54, 1.807) is 6.20 Å². The molecule has 0 spiro atoms. The first-order valence-corrected chi connectivity index (χ1v) is 6.22. The Morgan fingerprint density at radius 1 is 1.47 bits per heavy atom. The summed E-state index contributed by atoms with van der Waals surface area (Å²) in [6.07, 6.45) is 4.56. The summed E-state index contributed by atoms with van der Waals surface area (Å²) >= 11 is 0. The van der Waals surface area contributed by atoms with Crippen LogP contribution in [0, 0.1) is 0 Å².